The van der Waals surface area contributed by atoms with Gasteiger partial charge in [-0.05, 0) is 44.0 Å². The van der Waals surface area contributed by atoms with Crippen molar-refractivity contribution >= 4 is 29.5 Å². The largest absolute Gasteiger partial charge is 0.505 e. The van der Waals surface area contributed by atoms with Gasteiger partial charge in [-0.3, -0.25) is 9.59 Å². The summed E-state index contributed by atoms with van der Waals surface area (Å²) in [6.45, 7) is 5.01. The first-order chi connectivity index (χ1) is 15.4. The maximum atomic E-state index is 12.7. The summed E-state index contributed by atoms with van der Waals surface area (Å²) < 4.78 is 0. The predicted molar refractivity (Wildman–Crippen MR) is 124 cm³/mol. The van der Waals surface area contributed by atoms with Crippen LogP contribution in [0.1, 0.15) is 44.0 Å². The number of benzene rings is 1. The second kappa shape index (κ2) is 9.91. The average molecular weight is 434 g/mol. The monoisotopic (exact) mass is 434 g/mol. The number of allylic oxidation sites excluding steroid dienone is 1. The number of aryl methyl sites for hydroxylation is 1. The van der Waals surface area contributed by atoms with Crippen LogP contribution in [0.25, 0.3) is 22.7 Å². The van der Waals surface area contributed by atoms with Crippen molar-refractivity contribution < 1.29 is 19.8 Å². The van der Waals surface area contributed by atoms with Crippen LogP contribution in [0.3, 0.4) is 0 Å². The molecule has 0 saturated heterocycles. The Morgan fingerprint density at radius 1 is 1.22 bits per heavy atom. The lowest BCUT2D eigenvalue weighted by Gasteiger charge is -2.30. The molecule has 1 amide bonds. The topological polar surface area (TPSA) is 115 Å². The first-order valence-electron chi connectivity index (χ1n) is 10.4. The number of hydrogen-bond acceptors (Lipinski definition) is 6. The number of aliphatic hydroxyl groups excluding tert-OH is 1. The molecule has 3 rings (SSSR count). The van der Waals surface area contributed by atoms with Crippen LogP contribution in [-0.4, -0.2) is 44.8 Å². The van der Waals surface area contributed by atoms with Gasteiger partial charge in [-0.25, -0.2) is 9.99 Å². The van der Waals surface area contributed by atoms with Gasteiger partial charge in [-0.2, -0.15) is 5.10 Å². The van der Waals surface area contributed by atoms with E-state index < -0.39 is 18.4 Å². The fourth-order valence-corrected chi connectivity index (χ4v) is 3.57. The number of carboxylic acids is 1. The lowest BCUT2D eigenvalue weighted by molar-refractivity contribution is -0.137. The fourth-order valence-electron chi connectivity index (χ4n) is 3.57. The molecule has 166 valence electrons. The van der Waals surface area contributed by atoms with E-state index in [0.717, 1.165) is 24.1 Å². The summed E-state index contributed by atoms with van der Waals surface area (Å²) in [7, 11) is 0. The quantitative estimate of drug-likeness (QED) is 0.571. The summed E-state index contributed by atoms with van der Waals surface area (Å²) in [5.74, 6) is -2.27. The number of carbonyl (C=O) groups excluding carboxylic acids is 1. The van der Waals surface area contributed by atoms with Gasteiger partial charge in [0.2, 0.25) is 0 Å². The summed E-state index contributed by atoms with van der Waals surface area (Å²) in [4.78, 5) is 28.4. The van der Waals surface area contributed by atoms with E-state index >= 15 is 0 Å². The first kappa shape index (κ1) is 22.7. The van der Waals surface area contributed by atoms with Gasteiger partial charge in [0.25, 0.3) is 5.91 Å². The summed E-state index contributed by atoms with van der Waals surface area (Å²) in [5, 5.41) is 27.6. The zero-order chi connectivity index (χ0) is 23.3. The fraction of sp³-hybridized carbons (Fsp3) is 0.250. The lowest BCUT2D eigenvalue weighted by atomic mass is 9.99. The second-order valence-corrected chi connectivity index (χ2v) is 7.18. The van der Waals surface area contributed by atoms with Crippen LogP contribution >= 0.6 is 0 Å². The number of amides is 1. The number of fused-ring (bicyclic) bond motifs is 1. The number of rotatable bonds is 7. The number of nitrogens with zero attached hydrogens (tertiary/aromatic N) is 3. The van der Waals surface area contributed by atoms with Crippen LogP contribution in [-0.2, 0) is 16.0 Å². The van der Waals surface area contributed by atoms with Crippen molar-refractivity contribution in [2.75, 3.05) is 6.54 Å². The minimum absolute atomic E-state index is 0.163. The van der Waals surface area contributed by atoms with Gasteiger partial charge in [-0.15, -0.1) is 0 Å². The molecule has 0 spiro atoms. The molecule has 1 aromatic carbocycles. The average Bonchev–Trinajstić information content (AvgIpc) is 2.78. The van der Waals surface area contributed by atoms with E-state index in [1.165, 1.54) is 16.8 Å². The summed E-state index contributed by atoms with van der Waals surface area (Å²) in [6.07, 6.45) is 5.23. The van der Waals surface area contributed by atoms with Crippen LogP contribution in [0.4, 0.5) is 0 Å². The highest BCUT2D eigenvalue weighted by Gasteiger charge is 2.34. The van der Waals surface area contributed by atoms with E-state index in [-0.39, 0.29) is 11.5 Å². The number of nitrogens with one attached hydrogen (secondary N) is 1. The van der Waals surface area contributed by atoms with Gasteiger partial charge in [0.1, 0.15) is 12.2 Å². The van der Waals surface area contributed by atoms with Gasteiger partial charge >= 0.3 is 5.97 Å². The van der Waals surface area contributed by atoms with Crippen molar-refractivity contribution in [2.45, 2.75) is 33.6 Å². The van der Waals surface area contributed by atoms with Crippen molar-refractivity contribution in [2.24, 2.45) is 5.10 Å². The Balaban J connectivity index is 2.13. The molecule has 1 aliphatic rings. The molecule has 8 heteroatoms. The Kier molecular flexibility index (Phi) is 7.04. The molecule has 0 bridgehead atoms. The zero-order valence-electron chi connectivity index (χ0n) is 18.3. The SMILES string of the molecule is C/C=N\N1C(C(=O)NCC(=O)O)=C(O)c2ccc(-c3cccc(CCC)c3)nc2/C1=C\C. The highest BCUT2D eigenvalue weighted by molar-refractivity contribution is 6.04. The third kappa shape index (κ3) is 4.54. The van der Waals surface area contributed by atoms with Gasteiger partial charge in [0.05, 0.1) is 11.4 Å². The van der Waals surface area contributed by atoms with Crippen LogP contribution in [0.5, 0.6) is 0 Å². The molecule has 8 nitrogen and oxygen atoms in total. The molecule has 0 radical (unpaired) electrons. The number of aliphatic hydroxyl groups is 1. The molecular weight excluding hydrogens is 408 g/mol. The lowest BCUT2D eigenvalue weighted by Crippen LogP contribution is -2.37. The highest BCUT2D eigenvalue weighted by Crippen LogP contribution is 2.38. The van der Waals surface area contributed by atoms with Crippen LogP contribution < -0.4 is 5.32 Å². The molecule has 32 heavy (non-hydrogen) atoms. The third-order valence-corrected chi connectivity index (χ3v) is 4.94. The minimum Gasteiger partial charge on any atom is -0.505 e. The van der Waals surface area contributed by atoms with Crippen molar-refractivity contribution in [3.63, 3.8) is 0 Å². The third-order valence-electron chi connectivity index (χ3n) is 4.94. The van der Waals surface area contributed by atoms with Crippen molar-refractivity contribution in [1.29, 1.82) is 0 Å². The molecule has 3 N–H and O–H groups in total. The molecule has 2 heterocycles. The zero-order valence-corrected chi connectivity index (χ0v) is 18.3. The number of carbonyl (C=O) groups is 2. The van der Waals surface area contributed by atoms with Gasteiger partial charge in [0.15, 0.2) is 11.5 Å². The molecule has 0 atom stereocenters. The molecule has 1 aliphatic heterocycles. The smallest absolute Gasteiger partial charge is 0.322 e. The van der Waals surface area contributed by atoms with Crippen LogP contribution in [0, 0.1) is 0 Å². The Hall–Kier alpha value is -3.94. The molecule has 0 unspecified atom stereocenters. The molecule has 2 aromatic rings. The summed E-state index contributed by atoms with van der Waals surface area (Å²) in [6, 6.07) is 11.7. The highest BCUT2D eigenvalue weighted by atomic mass is 16.4. The van der Waals surface area contributed by atoms with Gasteiger partial charge < -0.3 is 15.5 Å². The van der Waals surface area contributed by atoms with Crippen LogP contribution in [0.15, 0.2) is 53.3 Å². The summed E-state index contributed by atoms with van der Waals surface area (Å²) in [5.41, 5.74) is 4.08. The number of pyridine rings is 1. The summed E-state index contributed by atoms with van der Waals surface area (Å²) >= 11 is 0. The van der Waals surface area contributed by atoms with Gasteiger partial charge in [-0.1, -0.05) is 37.6 Å². The Morgan fingerprint density at radius 2 is 2.00 bits per heavy atom. The maximum Gasteiger partial charge on any atom is 0.322 e. The maximum absolute atomic E-state index is 12.7. The Labute approximate surface area is 186 Å². The van der Waals surface area contributed by atoms with E-state index in [2.05, 4.69) is 29.5 Å². The predicted octanol–water partition coefficient (Wildman–Crippen LogP) is 3.81. The number of hydrazone groups is 1. The first-order valence-corrected chi connectivity index (χ1v) is 10.4. The van der Waals surface area contributed by atoms with Gasteiger partial charge in [0, 0.05) is 17.3 Å². The van der Waals surface area contributed by atoms with E-state index in [0.29, 0.717) is 17.0 Å². The standard InChI is InChI=1S/C24H26N4O4/c1-4-8-15-9-7-10-16(13-15)18-12-11-17-21(27-18)19(5-2)28(26-6-3)22(23(17)31)24(32)25-14-20(29)30/h5-7,9-13,31H,4,8,14H2,1-3H3,(H,25,32)(H,29,30)/b19-5+,26-6-. The van der Waals surface area contributed by atoms with Crippen molar-refractivity contribution in [1.82, 2.24) is 15.3 Å². The molecule has 0 saturated carbocycles. The van der Waals surface area contributed by atoms with Crippen molar-refractivity contribution in [3.05, 3.63) is 65.0 Å². The number of aromatic nitrogens is 1. The Morgan fingerprint density at radius 3 is 2.66 bits per heavy atom. The number of aliphatic carboxylic acids is 1. The van der Waals surface area contributed by atoms with E-state index in [4.69, 9.17) is 10.1 Å². The molecule has 0 aliphatic carbocycles. The normalized spacial score (nSPS) is 14.7. The van der Waals surface area contributed by atoms with E-state index in [1.54, 1.807) is 32.1 Å². The minimum atomic E-state index is -1.19. The second-order valence-electron chi connectivity index (χ2n) is 7.18. The molecule has 1 aromatic heterocycles. The van der Waals surface area contributed by atoms with Crippen LogP contribution in [0.2, 0.25) is 0 Å². The van der Waals surface area contributed by atoms with E-state index in [1.807, 2.05) is 12.1 Å². The Bertz CT molecular complexity index is 1130. The number of hydrogen-bond donors (Lipinski definition) is 3. The number of carboxylic acid groups (broad SMARTS) is 1. The molecular formula is C24H26N4O4. The molecule has 0 fully saturated rings. The van der Waals surface area contributed by atoms with Crippen molar-refractivity contribution in [3.8, 4) is 11.3 Å². The van der Waals surface area contributed by atoms with E-state index in [9.17, 15) is 14.7 Å².